The molecule has 0 bridgehead atoms. The summed E-state index contributed by atoms with van der Waals surface area (Å²) in [4.78, 5) is 21.3. The molecule has 1 saturated heterocycles. The molecule has 1 aliphatic rings. The minimum atomic E-state index is 0.152. The molecule has 0 spiro atoms. The Balaban J connectivity index is 1.61. The molecular weight excluding hydrogens is 288 g/mol. The number of carbonyl (C=O) groups is 1. The van der Waals surface area contributed by atoms with Gasteiger partial charge >= 0.3 is 0 Å². The summed E-state index contributed by atoms with van der Waals surface area (Å²) >= 11 is 0. The lowest BCUT2D eigenvalue weighted by Gasteiger charge is -2.36. The number of hydrogen-bond donors (Lipinski definition) is 1. The topological polar surface area (TPSA) is 48.5 Å². The quantitative estimate of drug-likeness (QED) is 0.827. The highest BCUT2D eigenvalue weighted by atomic mass is 16.1. The van der Waals surface area contributed by atoms with Gasteiger partial charge in [-0.3, -0.25) is 14.7 Å². The Bertz CT molecular complexity index is 498. The molecule has 1 fully saturated rings. The highest BCUT2D eigenvalue weighted by Crippen LogP contribution is 2.09. The summed E-state index contributed by atoms with van der Waals surface area (Å²) in [6.07, 6.45) is 2.33. The molecule has 1 N–H and O–H groups in total. The van der Waals surface area contributed by atoms with Crippen molar-refractivity contribution in [1.29, 1.82) is 0 Å². The predicted molar refractivity (Wildman–Crippen MR) is 93.5 cm³/mol. The molecule has 1 aromatic rings. The molecule has 0 aliphatic carbocycles. The van der Waals surface area contributed by atoms with Crippen LogP contribution in [0.15, 0.2) is 18.2 Å². The Labute approximate surface area is 140 Å². The van der Waals surface area contributed by atoms with Gasteiger partial charge < -0.3 is 10.2 Å². The van der Waals surface area contributed by atoms with E-state index < -0.39 is 0 Å². The Hall–Kier alpha value is -1.46. The Morgan fingerprint density at radius 1 is 1.30 bits per heavy atom. The van der Waals surface area contributed by atoms with Crippen LogP contribution in [0, 0.1) is 6.92 Å². The minimum Gasteiger partial charge on any atom is -0.356 e. The SMILES string of the molecule is Cc1cccc(CCNC(=O)CC[C@@H](C)N2CCN(C)CC2)n1. The van der Waals surface area contributed by atoms with E-state index in [1.165, 1.54) is 0 Å². The molecule has 5 nitrogen and oxygen atoms in total. The summed E-state index contributed by atoms with van der Waals surface area (Å²) < 4.78 is 0. The highest BCUT2D eigenvalue weighted by Gasteiger charge is 2.19. The lowest BCUT2D eigenvalue weighted by molar-refractivity contribution is -0.121. The van der Waals surface area contributed by atoms with Crippen molar-refractivity contribution in [1.82, 2.24) is 20.1 Å². The second kappa shape index (κ2) is 8.99. The monoisotopic (exact) mass is 318 g/mol. The van der Waals surface area contributed by atoms with Crippen LogP contribution in [-0.2, 0) is 11.2 Å². The van der Waals surface area contributed by atoms with E-state index >= 15 is 0 Å². The molecule has 2 rings (SSSR count). The van der Waals surface area contributed by atoms with E-state index in [0.717, 1.165) is 50.4 Å². The van der Waals surface area contributed by atoms with Crippen LogP contribution in [0.1, 0.15) is 31.2 Å². The predicted octanol–water partition coefficient (Wildman–Crippen LogP) is 1.46. The number of carbonyl (C=O) groups excluding carboxylic acids is 1. The van der Waals surface area contributed by atoms with Gasteiger partial charge in [0.1, 0.15) is 0 Å². The molecule has 1 amide bonds. The van der Waals surface area contributed by atoms with Crippen LogP contribution in [0.3, 0.4) is 0 Å². The number of likely N-dealkylation sites (N-methyl/N-ethyl adjacent to an activating group) is 1. The first-order valence-electron chi connectivity index (χ1n) is 8.66. The summed E-state index contributed by atoms with van der Waals surface area (Å²) in [7, 11) is 2.17. The zero-order chi connectivity index (χ0) is 16.7. The fourth-order valence-electron chi connectivity index (χ4n) is 2.94. The van der Waals surface area contributed by atoms with E-state index in [-0.39, 0.29) is 5.91 Å². The lowest BCUT2D eigenvalue weighted by Crippen LogP contribution is -2.48. The van der Waals surface area contributed by atoms with Gasteiger partial charge in [0, 0.05) is 63.0 Å². The van der Waals surface area contributed by atoms with Crippen molar-refractivity contribution in [2.75, 3.05) is 39.8 Å². The number of pyridine rings is 1. The van der Waals surface area contributed by atoms with Crippen molar-refractivity contribution in [2.45, 2.75) is 39.2 Å². The van der Waals surface area contributed by atoms with Gasteiger partial charge in [0.15, 0.2) is 0 Å². The van der Waals surface area contributed by atoms with Gasteiger partial charge in [0.2, 0.25) is 5.91 Å². The fourth-order valence-corrected chi connectivity index (χ4v) is 2.94. The van der Waals surface area contributed by atoms with E-state index in [9.17, 15) is 4.79 Å². The van der Waals surface area contributed by atoms with Crippen molar-refractivity contribution in [2.24, 2.45) is 0 Å². The van der Waals surface area contributed by atoms with E-state index in [1.54, 1.807) is 0 Å². The van der Waals surface area contributed by atoms with Gasteiger partial charge in [-0.15, -0.1) is 0 Å². The van der Waals surface area contributed by atoms with Crippen LogP contribution >= 0.6 is 0 Å². The number of nitrogens with zero attached hydrogens (tertiary/aromatic N) is 3. The number of amides is 1. The molecule has 0 radical (unpaired) electrons. The first-order chi connectivity index (χ1) is 11.0. The molecule has 5 heteroatoms. The zero-order valence-electron chi connectivity index (χ0n) is 14.7. The maximum absolute atomic E-state index is 12.0. The maximum atomic E-state index is 12.0. The average molecular weight is 318 g/mol. The molecule has 0 aromatic carbocycles. The Kier molecular flexibility index (Phi) is 6.99. The Morgan fingerprint density at radius 3 is 2.74 bits per heavy atom. The number of aromatic nitrogens is 1. The normalized spacial score (nSPS) is 17.9. The van der Waals surface area contributed by atoms with Crippen LogP contribution in [0.5, 0.6) is 0 Å². The van der Waals surface area contributed by atoms with E-state index in [0.29, 0.717) is 19.0 Å². The molecule has 128 valence electrons. The van der Waals surface area contributed by atoms with Gasteiger partial charge in [0.25, 0.3) is 0 Å². The van der Waals surface area contributed by atoms with E-state index in [4.69, 9.17) is 0 Å². The first kappa shape index (κ1) is 17.9. The van der Waals surface area contributed by atoms with E-state index in [1.807, 2.05) is 25.1 Å². The number of aryl methyl sites for hydroxylation is 1. The number of hydrogen-bond acceptors (Lipinski definition) is 4. The van der Waals surface area contributed by atoms with Crippen molar-refractivity contribution in [3.05, 3.63) is 29.6 Å². The molecule has 0 saturated carbocycles. The third-order valence-electron chi connectivity index (χ3n) is 4.60. The summed E-state index contributed by atoms with van der Waals surface area (Å²) in [5, 5.41) is 3.01. The van der Waals surface area contributed by atoms with Crippen molar-refractivity contribution in [3.8, 4) is 0 Å². The number of nitrogens with one attached hydrogen (secondary N) is 1. The molecular formula is C18H30N4O. The molecule has 2 heterocycles. The smallest absolute Gasteiger partial charge is 0.220 e. The van der Waals surface area contributed by atoms with Gasteiger partial charge in [0.05, 0.1) is 0 Å². The van der Waals surface area contributed by atoms with E-state index in [2.05, 4.69) is 34.1 Å². The van der Waals surface area contributed by atoms with Crippen molar-refractivity contribution >= 4 is 5.91 Å². The first-order valence-corrected chi connectivity index (χ1v) is 8.66. The van der Waals surface area contributed by atoms with Crippen LogP contribution in [0.2, 0.25) is 0 Å². The summed E-state index contributed by atoms with van der Waals surface area (Å²) in [6.45, 7) is 9.35. The molecule has 1 aliphatic heterocycles. The van der Waals surface area contributed by atoms with Gasteiger partial charge in [-0.05, 0) is 39.4 Å². The standard InChI is InChI=1S/C18H30N4O/c1-15-5-4-6-17(20-15)9-10-19-18(23)8-7-16(2)22-13-11-21(3)12-14-22/h4-6,16H,7-14H2,1-3H3,(H,19,23)/t16-/m1/s1. The largest absolute Gasteiger partial charge is 0.356 e. The summed E-state index contributed by atoms with van der Waals surface area (Å²) in [5.41, 5.74) is 2.06. The Morgan fingerprint density at radius 2 is 2.04 bits per heavy atom. The van der Waals surface area contributed by atoms with Crippen LogP contribution in [-0.4, -0.2) is 66.5 Å². The minimum absolute atomic E-state index is 0.152. The fraction of sp³-hybridized carbons (Fsp3) is 0.667. The van der Waals surface area contributed by atoms with Crippen LogP contribution in [0.25, 0.3) is 0 Å². The summed E-state index contributed by atoms with van der Waals surface area (Å²) in [5.74, 6) is 0.152. The zero-order valence-corrected chi connectivity index (χ0v) is 14.7. The average Bonchev–Trinajstić information content (AvgIpc) is 2.53. The highest BCUT2D eigenvalue weighted by molar-refractivity contribution is 5.75. The van der Waals surface area contributed by atoms with Gasteiger partial charge in [-0.2, -0.15) is 0 Å². The third-order valence-corrected chi connectivity index (χ3v) is 4.60. The van der Waals surface area contributed by atoms with Gasteiger partial charge in [-0.1, -0.05) is 6.07 Å². The summed E-state index contributed by atoms with van der Waals surface area (Å²) in [6, 6.07) is 6.49. The second-order valence-corrected chi connectivity index (χ2v) is 6.60. The molecule has 23 heavy (non-hydrogen) atoms. The van der Waals surface area contributed by atoms with Crippen LogP contribution < -0.4 is 5.32 Å². The lowest BCUT2D eigenvalue weighted by atomic mass is 10.1. The maximum Gasteiger partial charge on any atom is 0.220 e. The second-order valence-electron chi connectivity index (χ2n) is 6.60. The third kappa shape index (κ3) is 6.28. The van der Waals surface area contributed by atoms with Crippen LogP contribution in [0.4, 0.5) is 0 Å². The molecule has 1 atom stereocenters. The number of piperazine rings is 1. The number of rotatable bonds is 7. The van der Waals surface area contributed by atoms with Gasteiger partial charge in [-0.25, -0.2) is 0 Å². The molecule has 0 unspecified atom stereocenters. The van der Waals surface area contributed by atoms with Crippen molar-refractivity contribution < 1.29 is 4.79 Å². The van der Waals surface area contributed by atoms with Crippen molar-refractivity contribution in [3.63, 3.8) is 0 Å². The molecule has 1 aromatic heterocycles.